The van der Waals surface area contributed by atoms with Crippen LogP contribution in [0.5, 0.6) is 5.75 Å². The molecule has 1 unspecified atom stereocenters. The molecule has 29 heavy (non-hydrogen) atoms. The first-order valence-corrected chi connectivity index (χ1v) is 10.9. The molecule has 0 aromatic heterocycles. The highest BCUT2D eigenvalue weighted by Gasteiger charge is 2.35. The van der Waals surface area contributed by atoms with E-state index in [0.717, 1.165) is 5.56 Å². The van der Waals surface area contributed by atoms with Gasteiger partial charge in [-0.05, 0) is 55.7 Å². The van der Waals surface area contributed by atoms with E-state index in [1.54, 1.807) is 19.1 Å². The first-order chi connectivity index (χ1) is 13.7. The lowest BCUT2D eigenvalue weighted by molar-refractivity contribution is -0.120. The quantitative estimate of drug-likeness (QED) is 0.766. The molecule has 1 aliphatic rings. The number of hydrogen-bond acceptors (Lipinski definition) is 4. The smallest absolute Gasteiger partial charge is 0.246 e. The average Bonchev–Trinajstić information content (AvgIpc) is 2.70. The van der Waals surface area contributed by atoms with Gasteiger partial charge in [0.15, 0.2) is 0 Å². The minimum Gasteiger partial charge on any atom is -0.495 e. The summed E-state index contributed by atoms with van der Waals surface area (Å²) < 4.78 is 46.2. The number of anilines is 1. The van der Waals surface area contributed by atoms with Crippen LogP contribution in [0.3, 0.4) is 0 Å². The van der Waals surface area contributed by atoms with Crippen LogP contribution in [0.25, 0.3) is 0 Å². The van der Waals surface area contributed by atoms with Gasteiger partial charge in [0, 0.05) is 23.8 Å². The number of nitrogens with one attached hydrogen (secondary N) is 1. The van der Waals surface area contributed by atoms with E-state index in [4.69, 9.17) is 16.3 Å². The molecule has 156 valence electrons. The molecule has 0 bridgehead atoms. The number of amides is 1. The van der Waals surface area contributed by atoms with Crippen molar-refractivity contribution in [2.45, 2.75) is 24.7 Å². The number of aryl methyl sites for hydroxylation is 1. The zero-order valence-corrected chi connectivity index (χ0v) is 17.7. The van der Waals surface area contributed by atoms with Gasteiger partial charge in [-0.15, -0.1) is 0 Å². The number of carbonyl (C=O) groups is 1. The number of halogens is 2. The first-order valence-electron chi connectivity index (χ1n) is 9.13. The van der Waals surface area contributed by atoms with E-state index in [2.05, 4.69) is 5.32 Å². The van der Waals surface area contributed by atoms with E-state index in [1.165, 1.54) is 35.7 Å². The number of hydrogen-bond donors (Lipinski definition) is 1. The maximum atomic E-state index is 13.5. The van der Waals surface area contributed by atoms with Crippen molar-refractivity contribution in [1.82, 2.24) is 4.31 Å². The molecule has 2 aromatic carbocycles. The van der Waals surface area contributed by atoms with Crippen LogP contribution in [0, 0.1) is 18.7 Å². The molecule has 1 N–H and O–H groups in total. The van der Waals surface area contributed by atoms with Gasteiger partial charge in [-0.25, -0.2) is 12.8 Å². The van der Waals surface area contributed by atoms with Crippen molar-refractivity contribution in [1.29, 1.82) is 0 Å². The van der Waals surface area contributed by atoms with Gasteiger partial charge in [0.2, 0.25) is 15.9 Å². The van der Waals surface area contributed by atoms with E-state index in [1.807, 2.05) is 0 Å². The normalized spacial score (nSPS) is 17.7. The zero-order chi connectivity index (χ0) is 21.2. The Labute approximate surface area is 174 Å². The standard InChI is InChI=1S/C20H22ClFN2O4S/c1-13-5-7-16(22)11-17(13)23-20(25)14-4-3-9-24(12-14)29(26,27)19-10-15(21)6-8-18(19)28-2/h5-8,10-11,14H,3-4,9,12H2,1-2H3,(H,23,25). The maximum absolute atomic E-state index is 13.5. The van der Waals surface area contributed by atoms with Gasteiger partial charge in [-0.1, -0.05) is 17.7 Å². The highest BCUT2D eigenvalue weighted by molar-refractivity contribution is 7.89. The molecule has 1 fully saturated rings. The predicted molar refractivity (Wildman–Crippen MR) is 109 cm³/mol. The van der Waals surface area contributed by atoms with Crippen LogP contribution in [0.2, 0.25) is 5.02 Å². The molecule has 1 aliphatic heterocycles. The fourth-order valence-electron chi connectivity index (χ4n) is 3.33. The van der Waals surface area contributed by atoms with E-state index in [9.17, 15) is 17.6 Å². The molecular weight excluding hydrogens is 419 g/mol. The lowest BCUT2D eigenvalue weighted by Gasteiger charge is -2.31. The Balaban J connectivity index is 1.80. The van der Waals surface area contributed by atoms with Crippen LogP contribution in [0.4, 0.5) is 10.1 Å². The van der Waals surface area contributed by atoms with Crippen molar-refractivity contribution in [3.05, 3.63) is 52.8 Å². The Morgan fingerprint density at radius 1 is 1.28 bits per heavy atom. The Morgan fingerprint density at radius 3 is 2.76 bits per heavy atom. The maximum Gasteiger partial charge on any atom is 0.246 e. The Bertz CT molecular complexity index is 1030. The monoisotopic (exact) mass is 440 g/mol. The molecule has 3 rings (SSSR count). The topological polar surface area (TPSA) is 75.7 Å². The summed E-state index contributed by atoms with van der Waals surface area (Å²) in [6, 6.07) is 8.53. The summed E-state index contributed by atoms with van der Waals surface area (Å²) in [4.78, 5) is 12.7. The lowest BCUT2D eigenvalue weighted by atomic mass is 9.98. The molecule has 0 radical (unpaired) electrons. The second kappa shape index (κ2) is 8.69. The van der Waals surface area contributed by atoms with Crippen LogP contribution >= 0.6 is 11.6 Å². The summed E-state index contributed by atoms with van der Waals surface area (Å²) in [5.41, 5.74) is 1.11. The van der Waals surface area contributed by atoms with Crippen LogP contribution in [-0.2, 0) is 14.8 Å². The number of carbonyl (C=O) groups excluding carboxylic acids is 1. The molecule has 2 aromatic rings. The molecule has 0 saturated carbocycles. The molecule has 1 heterocycles. The van der Waals surface area contributed by atoms with Crippen molar-refractivity contribution in [2.75, 3.05) is 25.5 Å². The van der Waals surface area contributed by atoms with Crippen molar-refractivity contribution >= 4 is 33.2 Å². The number of methoxy groups -OCH3 is 1. The van der Waals surface area contributed by atoms with E-state index in [0.29, 0.717) is 25.1 Å². The third kappa shape index (κ3) is 4.71. The third-order valence-corrected chi connectivity index (χ3v) is 7.08. The molecular formula is C20H22ClFN2O4S. The number of rotatable bonds is 5. The molecule has 0 aliphatic carbocycles. The minimum absolute atomic E-state index is 0.0260. The fourth-order valence-corrected chi connectivity index (χ4v) is 5.27. The molecule has 9 heteroatoms. The minimum atomic E-state index is -3.90. The van der Waals surface area contributed by atoms with E-state index < -0.39 is 21.8 Å². The highest BCUT2D eigenvalue weighted by Crippen LogP contribution is 2.32. The SMILES string of the molecule is COc1ccc(Cl)cc1S(=O)(=O)N1CCCC(C(=O)Nc2cc(F)ccc2C)C1. The van der Waals surface area contributed by atoms with Gasteiger partial charge in [-0.2, -0.15) is 4.31 Å². The van der Waals surface area contributed by atoms with Crippen molar-refractivity contribution < 1.29 is 22.3 Å². The number of sulfonamides is 1. The average molecular weight is 441 g/mol. The Kier molecular flexibility index (Phi) is 6.45. The van der Waals surface area contributed by atoms with Crippen molar-refractivity contribution in [2.24, 2.45) is 5.92 Å². The van der Waals surface area contributed by atoms with Gasteiger partial charge in [0.05, 0.1) is 13.0 Å². The van der Waals surface area contributed by atoms with Gasteiger partial charge < -0.3 is 10.1 Å². The molecule has 1 amide bonds. The largest absolute Gasteiger partial charge is 0.495 e. The Morgan fingerprint density at radius 2 is 2.03 bits per heavy atom. The van der Waals surface area contributed by atoms with Crippen LogP contribution in [0.1, 0.15) is 18.4 Å². The third-order valence-electron chi connectivity index (χ3n) is 4.96. The number of nitrogens with zero attached hydrogens (tertiary/aromatic N) is 1. The summed E-state index contributed by atoms with van der Waals surface area (Å²) in [6.45, 7) is 2.08. The summed E-state index contributed by atoms with van der Waals surface area (Å²) in [6.07, 6.45) is 1.07. The molecule has 0 spiro atoms. The lowest BCUT2D eigenvalue weighted by Crippen LogP contribution is -2.43. The Hall–Kier alpha value is -2.16. The first kappa shape index (κ1) is 21.5. The van der Waals surface area contributed by atoms with Gasteiger partial charge in [-0.3, -0.25) is 4.79 Å². The molecule has 6 nitrogen and oxygen atoms in total. The van der Waals surface area contributed by atoms with Gasteiger partial charge >= 0.3 is 0 Å². The van der Waals surface area contributed by atoms with E-state index >= 15 is 0 Å². The number of benzene rings is 2. The number of ether oxygens (including phenoxy) is 1. The molecule has 1 saturated heterocycles. The second-order valence-electron chi connectivity index (χ2n) is 6.95. The zero-order valence-electron chi connectivity index (χ0n) is 16.1. The summed E-state index contributed by atoms with van der Waals surface area (Å²) in [5, 5.41) is 2.99. The van der Waals surface area contributed by atoms with Gasteiger partial charge in [0.25, 0.3) is 0 Å². The summed E-state index contributed by atoms with van der Waals surface area (Å²) in [7, 11) is -2.51. The number of piperidine rings is 1. The fraction of sp³-hybridized carbons (Fsp3) is 0.350. The van der Waals surface area contributed by atoms with Crippen molar-refractivity contribution in [3.63, 3.8) is 0 Å². The van der Waals surface area contributed by atoms with Crippen LogP contribution in [-0.4, -0.2) is 38.8 Å². The van der Waals surface area contributed by atoms with E-state index in [-0.39, 0.29) is 28.1 Å². The van der Waals surface area contributed by atoms with Crippen molar-refractivity contribution in [3.8, 4) is 5.75 Å². The summed E-state index contributed by atoms with van der Waals surface area (Å²) >= 11 is 5.98. The second-order valence-corrected chi connectivity index (χ2v) is 9.29. The van der Waals surface area contributed by atoms with Crippen LogP contribution in [0.15, 0.2) is 41.3 Å². The summed E-state index contributed by atoms with van der Waals surface area (Å²) in [5.74, 6) is -1.15. The van der Waals surface area contributed by atoms with Gasteiger partial charge in [0.1, 0.15) is 16.5 Å². The predicted octanol–water partition coefficient (Wildman–Crippen LogP) is 3.84. The van der Waals surface area contributed by atoms with Crippen LogP contribution < -0.4 is 10.1 Å². The highest BCUT2D eigenvalue weighted by atomic mass is 35.5. The molecule has 1 atom stereocenters.